The Kier molecular flexibility index (Phi) is 4.04. The summed E-state index contributed by atoms with van der Waals surface area (Å²) in [5, 5.41) is 13.0. The number of fused-ring (bicyclic) bond motifs is 2. The van der Waals surface area contributed by atoms with Gasteiger partial charge in [0.25, 0.3) is 0 Å². The second-order valence-electron chi connectivity index (χ2n) is 4.95. The van der Waals surface area contributed by atoms with E-state index in [1.165, 1.54) is 0 Å². The van der Waals surface area contributed by atoms with Crippen molar-refractivity contribution in [3.63, 3.8) is 0 Å². The number of nitrogens with zero attached hydrogens (tertiary/aromatic N) is 4. The molecule has 0 aromatic rings. The topological polar surface area (TPSA) is 89.3 Å². The Morgan fingerprint density at radius 2 is 2.33 bits per heavy atom. The minimum Gasteiger partial charge on any atom is -0.481 e. The normalized spacial score (nSPS) is 35.2. The number of azide groups is 1. The van der Waals surface area contributed by atoms with Gasteiger partial charge < -0.3 is 5.11 Å². The summed E-state index contributed by atoms with van der Waals surface area (Å²) in [6.45, 7) is 0.214. The Morgan fingerprint density at radius 3 is 2.94 bits per heavy atom. The van der Waals surface area contributed by atoms with Crippen LogP contribution in [0.5, 0.6) is 0 Å². The van der Waals surface area contributed by atoms with Crippen LogP contribution in [0.15, 0.2) is 5.11 Å². The van der Waals surface area contributed by atoms with Crippen LogP contribution in [0.25, 0.3) is 10.4 Å². The number of alkyl halides is 1. The van der Waals surface area contributed by atoms with Gasteiger partial charge in [0.15, 0.2) is 0 Å². The fourth-order valence-corrected chi connectivity index (χ4v) is 3.39. The van der Waals surface area contributed by atoms with E-state index in [9.17, 15) is 14.3 Å². The minimum absolute atomic E-state index is 0.108. The average Bonchev–Trinajstić information content (AvgIpc) is 2.59. The van der Waals surface area contributed by atoms with Crippen molar-refractivity contribution in [2.24, 2.45) is 11.0 Å². The van der Waals surface area contributed by atoms with E-state index >= 15 is 0 Å². The second kappa shape index (κ2) is 5.54. The van der Waals surface area contributed by atoms with Crippen LogP contribution in [-0.2, 0) is 4.79 Å². The van der Waals surface area contributed by atoms with E-state index in [4.69, 9.17) is 5.53 Å². The fourth-order valence-electron chi connectivity index (χ4n) is 3.39. The summed E-state index contributed by atoms with van der Waals surface area (Å²) < 4.78 is 12.3. The van der Waals surface area contributed by atoms with Crippen molar-refractivity contribution in [2.45, 2.75) is 43.8 Å². The molecule has 0 amide bonds. The van der Waals surface area contributed by atoms with Crippen LogP contribution in [0.2, 0.25) is 0 Å². The third kappa shape index (κ3) is 2.28. The standard InChI is InChI=1S/C11H17FN4O2/c12-4-1-5-16-7-2-3-9(16)10(11(17)18)8(6-7)14-15-13/h7-10H,1-6H2,(H,17,18). The van der Waals surface area contributed by atoms with E-state index in [-0.39, 0.29) is 18.8 Å². The summed E-state index contributed by atoms with van der Waals surface area (Å²) >= 11 is 0. The lowest BCUT2D eigenvalue weighted by Gasteiger charge is -2.41. The van der Waals surface area contributed by atoms with Crippen molar-refractivity contribution < 1.29 is 14.3 Å². The number of rotatable bonds is 5. The van der Waals surface area contributed by atoms with E-state index in [0.29, 0.717) is 19.4 Å². The smallest absolute Gasteiger partial charge is 0.308 e. The van der Waals surface area contributed by atoms with E-state index in [1.54, 1.807) is 0 Å². The van der Waals surface area contributed by atoms with E-state index < -0.39 is 17.9 Å². The molecule has 4 atom stereocenters. The summed E-state index contributed by atoms with van der Waals surface area (Å²) in [4.78, 5) is 16.2. The van der Waals surface area contributed by atoms with Crippen LogP contribution in [0, 0.1) is 5.92 Å². The largest absolute Gasteiger partial charge is 0.481 e. The summed E-state index contributed by atoms with van der Waals surface area (Å²) in [6, 6.07) is -0.331. The quantitative estimate of drug-likeness (QED) is 0.463. The number of hydrogen-bond acceptors (Lipinski definition) is 3. The summed E-state index contributed by atoms with van der Waals surface area (Å²) in [5.74, 6) is -1.57. The third-order valence-electron chi connectivity index (χ3n) is 4.07. The number of halogens is 1. The van der Waals surface area contributed by atoms with Gasteiger partial charge in [-0.2, -0.15) is 0 Å². The summed E-state index contributed by atoms with van der Waals surface area (Å²) in [6.07, 6.45) is 2.72. The Morgan fingerprint density at radius 1 is 1.56 bits per heavy atom. The first kappa shape index (κ1) is 13.1. The van der Waals surface area contributed by atoms with Gasteiger partial charge in [-0.3, -0.25) is 14.1 Å². The third-order valence-corrected chi connectivity index (χ3v) is 4.07. The van der Waals surface area contributed by atoms with Crippen molar-refractivity contribution in [1.29, 1.82) is 0 Å². The van der Waals surface area contributed by atoms with Crippen molar-refractivity contribution in [2.75, 3.05) is 13.2 Å². The van der Waals surface area contributed by atoms with E-state index in [1.807, 2.05) is 0 Å². The van der Waals surface area contributed by atoms with Crippen LogP contribution in [0.1, 0.15) is 25.7 Å². The highest BCUT2D eigenvalue weighted by Crippen LogP contribution is 2.40. The Balaban J connectivity index is 2.17. The molecule has 7 heteroatoms. The molecule has 18 heavy (non-hydrogen) atoms. The zero-order valence-corrected chi connectivity index (χ0v) is 10.1. The van der Waals surface area contributed by atoms with Gasteiger partial charge in [0, 0.05) is 23.5 Å². The molecular formula is C11H17FN4O2. The Labute approximate surface area is 104 Å². The first-order chi connectivity index (χ1) is 8.69. The molecule has 2 aliphatic heterocycles. The molecule has 0 spiro atoms. The molecule has 4 unspecified atom stereocenters. The number of carboxylic acid groups (broad SMARTS) is 1. The molecule has 2 aliphatic rings. The molecule has 0 radical (unpaired) electrons. The number of carboxylic acids is 1. The number of carbonyl (C=O) groups is 1. The van der Waals surface area contributed by atoms with Crippen molar-refractivity contribution in [3.05, 3.63) is 10.4 Å². The van der Waals surface area contributed by atoms with Gasteiger partial charge in [-0.1, -0.05) is 5.11 Å². The van der Waals surface area contributed by atoms with Gasteiger partial charge in [-0.15, -0.1) is 0 Å². The zero-order chi connectivity index (χ0) is 13.1. The maximum atomic E-state index is 12.3. The van der Waals surface area contributed by atoms with E-state index in [2.05, 4.69) is 14.9 Å². The molecule has 6 nitrogen and oxygen atoms in total. The Hall–Kier alpha value is -1.33. The highest BCUT2D eigenvalue weighted by atomic mass is 19.1. The molecule has 0 saturated carbocycles. The maximum absolute atomic E-state index is 12.3. The Bertz CT molecular complexity index is 372. The highest BCUT2D eigenvalue weighted by molar-refractivity contribution is 5.72. The molecule has 2 bridgehead atoms. The van der Waals surface area contributed by atoms with Crippen LogP contribution in [-0.4, -0.2) is 47.3 Å². The summed E-state index contributed by atoms with van der Waals surface area (Å²) in [7, 11) is 0. The lowest BCUT2D eigenvalue weighted by Crippen LogP contribution is -2.53. The highest BCUT2D eigenvalue weighted by Gasteiger charge is 2.49. The second-order valence-corrected chi connectivity index (χ2v) is 4.95. The SMILES string of the molecule is [N-]=[N+]=NC1CC2CCC(C1C(=O)O)N2CCCF. The van der Waals surface area contributed by atoms with Gasteiger partial charge in [-0.25, -0.2) is 0 Å². The molecular weight excluding hydrogens is 239 g/mol. The average molecular weight is 256 g/mol. The number of aliphatic carboxylic acids is 1. The molecule has 2 fully saturated rings. The predicted octanol–water partition coefficient (Wildman–Crippen LogP) is 1.96. The van der Waals surface area contributed by atoms with Gasteiger partial charge in [0.05, 0.1) is 18.6 Å². The first-order valence-electron chi connectivity index (χ1n) is 6.27. The number of hydrogen-bond donors (Lipinski definition) is 1. The van der Waals surface area contributed by atoms with E-state index in [0.717, 1.165) is 12.8 Å². The van der Waals surface area contributed by atoms with Crippen molar-refractivity contribution in [1.82, 2.24) is 4.90 Å². The lowest BCUT2D eigenvalue weighted by atomic mass is 9.86. The molecule has 100 valence electrons. The lowest BCUT2D eigenvalue weighted by molar-refractivity contribution is -0.146. The van der Waals surface area contributed by atoms with Crippen LogP contribution in [0.3, 0.4) is 0 Å². The first-order valence-corrected chi connectivity index (χ1v) is 6.27. The minimum atomic E-state index is -0.914. The van der Waals surface area contributed by atoms with Gasteiger partial charge in [0.1, 0.15) is 0 Å². The maximum Gasteiger partial charge on any atom is 0.308 e. The number of piperidine rings is 1. The van der Waals surface area contributed by atoms with Crippen molar-refractivity contribution in [3.8, 4) is 0 Å². The fraction of sp³-hybridized carbons (Fsp3) is 0.909. The van der Waals surface area contributed by atoms with Gasteiger partial charge >= 0.3 is 5.97 Å². The van der Waals surface area contributed by atoms with Crippen LogP contribution >= 0.6 is 0 Å². The molecule has 2 rings (SSSR count). The zero-order valence-electron chi connectivity index (χ0n) is 10.1. The van der Waals surface area contributed by atoms with Crippen molar-refractivity contribution >= 4 is 5.97 Å². The van der Waals surface area contributed by atoms with Gasteiger partial charge in [0.2, 0.25) is 0 Å². The molecule has 0 aromatic heterocycles. The molecule has 2 heterocycles. The molecule has 1 N–H and O–H groups in total. The van der Waals surface area contributed by atoms with Gasteiger partial charge in [-0.05, 0) is 31.2 Å². The predicted molar refractivity (Wildman–Crippen MR) is 62.8 cm³/mol. The molecule has 0 aromatic carbocycles. The van der Waals surface area contributed by atoms with Crippen LogP contribution in [0.4, 0.5) is 4.39 Å². The van der Waals surface area contributed by atoms with Crippen LogP contribution < -0.4 is 0 Å². The monoisotopic (exact) mass is 256 g/mol. The molecule has 0 aliphatic carbocycles. The molecule has 2 saturated heterocycles. The summed E-state index contributed by atoms with van der Waals surface area (Å²) in [5.41, 5.74) is 8.52.